The van der Waals surface area contributed by atoms with Crippen LogP contribution in [0.4, 0.5) is 0 Å². The van der Waals surface area contributed by atoms with Crippen molar-refractivity contribution in [3.8, 4) is 22.4 Å². The lowest BCUT2D eigenvalue weighted by atomic mass is 9.96. The Morgan fingerprint density at radius 2 is 1.22 bits per heavy atom. The number of aromatic nitrogens is 1. The van der Waals surface area contributed by atoms with Crippen LogP contribution in [0.25, 0.3) is 22.4 Å². The van der Waals surface area contributed by atoms with Crippen LogP contribution in [0, 0.1) is 0 Å². The van der Waals surface area contributed by atoms with Gasteiger partial charge in [0.15, 0.2) is 0 Å². The number of unbranched alkanes of at least 4 members (excludes halogenated alkanes) is 2. The Morgan fingerprint density at radius 3 is 1.89 bits per heavy atom. The van der Waals surface area contributed by atoms with E-state index in [-0.39, 0.29) is 6.16 Å². The standard InChI is InChI=1S/C31H34NO3P/c33-36(34,35)24-9-3-8-17-29-22-23-30(31(32-29)28-15-6-2-7-16-28)27-20-18-26(19-21-27)14-10-13-25-11-4-1-5-12-25/h1-2,4-7,11-12,15-16,18-23H,3,8-10,13-14,17,24H2,(H2,33,34,35). The van der Waals surface area contributed by atoms with Crippen molar-refractivity contribution in [2.24, 2.45) is 0 Å². The van der Waals surface area contributed by atoms with Gasteiger partial charge in [-0.1, -0.05) is 97.4 Å². The molecule has 0 aliphatic heterocycles. The van der Waals surface area contributed by atoms with Crippen molar-refractivity contribution in [2.45, 2.75) is 44.9 Å². The van der Waals surface area contributed by atoms with Crippen LogP contribution in [0.3, 0.4) is 0 Å². The fourth-order valence-electron chi connectivity index (χ4n) is 4.48. The van der Waals surface area contributed by atoms with Gasteiger partial charge in [-0.25, -0.2) is 0 Å². The van der Waals surface area contributed by atoms with Crippen molar-refractivity contribution in [2.75, 3.05) is 6.16 Å². The molecule has 0 spiro atoms. The van der Waals surface area contributed by atoms with Crippen molar-refractivity contribution in [1.82, 2.24) is 4.98 Å². The Kier molecular flexibility index (Phi) is 9.24. The fourth-order valence-corrected chi connectivity index (χ4v) is 5.12. The molecule has 1 aromatic heterocycles. The monoisotopic (exact) mass is 499 g/mol. The second-order valence-electron chi connectivity index (χ2n) is 9.30. The summed E-state index contributed by atoms with van der Waals surface area (Å²) >= 11 is 0. The lowest BCUT2D eigenvalue weighted by molar-refractivity contribution is 0.371. The highest BCUT2D eigenvalue weighted by Gasteiger charge is 2.13. The van der Waals surface area contributed by atoms with Gasteiger partial charge >= 0.3 is 7.60 Å². The highest BCUT2D eigenvalue weighted by Crippen LogP contribution is 2.35. The number of hydrogen-bond acceptors (Lipinski definition) is 2. The van der Waals surface area contributed by atoms with E-state index in [2.05, 4.69) is 78.9 Å². The summed E-state index contributed by atoms with van der Waals surface area (Å²) in [5.41, 5.74) is 8.06. The molecule has 0 amide bonds. The molecule has 186 valence electrons. The first-order chi connectivity index (χ1) is 17.5. The van der Waals surface area contributed by atoms with Gasteiger partial charge in [0.25, 0.3) is 0 Å². The summed E-state index contributed by atoms with van der Waals surface area (Å²) in [7, 11) is -3.91. The zero-order valence-corrected chi connectivity index (χ0v) is 21.5. The lowest BCUT2D eigenvalue weighted by Gasteiger charge is -2.13. The largest absolute Gasteiger partial charge is 0.325 e. The number of benzene rings is 3. The number of pyridine rings is 1. The number of hydrogen-bond donors (Lipinski definition) is 2. The van der Waals surface area contributed by atoms with Crippen LogP contribution < -0.4 is 0 Å². The van der Waals surface area contributed by atoms with Crippen LogP contribution in [-0.2, 0) is 23.8 Å². The average molecular weight is 500 g/mol. The summed E-state index contributed by atoms with van der Waals surface area (Å²) in [5.74, 6) is 0. The maximum Gasteiger partial charge on any atom is 0.325 e. The zero-order chi connectivity index (χ0) is 25.2. The van der Waals surface area contributed by atoms with Gasteiger partial charge < -0.3 is 9.79 Å². The third kappa shape index (κ3) is 7.99. The van der Waals surface area contributed by atoms with Gasteiger partial charge in [-0.2, -0.15) is 0 Å². The van der Waals surface area contributed by atoms with Crippen LogP contribution >= 0.6 is 7.60 Å². The van der Waals surface area contributed by atoms with E-state index < -0.39 is 7.60 Å². The molecule has 0 aliphatic carbocycles. The summed E-state index contributed by atoms with van der Waals surface area (Å²) in [5, 5.41) is 0. The molecule has 4 nitrogen and oxygen atoms in total. The highest BCUT2D eigenvalue weighted by atomic mass is 31.2. The van der Waals surface area contributed by atoms with E-state index in [0.717, 1.165) is 66.6 Å². The maximum atomic E-state index is 11.1. The van der Waals surface area contributed by atoms with E-state index in [1.54, 1.807) is 0 Å². The van der Waals surface area contributed by atoms with E-state index in [1.165, 1.54) is 11.1 Å². The summed E-state index contributed by atoms with van der Waals surface area (Å²) in [6, 6.07) is 34.0. The molecule has 0 saturated carbocycles. The van der Waals surface area contributed by atoms with Crippen molar-refractivity contribution >= 4 is 7.60 Å². The predicted octanol–water partition coefficient (Wildman–Crippen LogP) is 7.48. The van der Waals surface area contributed by atoms with Crippen molar-refractivity contribution < 1.29 is 14.4 Å². The van der Waals surface area contributed by atoms with Gasteiger partial charge in [0.1, 0.15) is 0 Å². The Bertz CT molecular complexity index is 1270. The van der Waals surface area contributed by atoms with Gasteiger partial charge in [-0.05, 0) is 61.3 Å². The minimum absolute atomic E-state index is 0.0448. The van der Waals surface area contributed by atoms with Crippen molar-refractivity contribution in [3.05, 3.63) is 114 Å². The van der Waals surface area contributed by atoms with Gasteiger partial charge in [-0.3, -0.25) is 9.55 Å². The van der Waals surface area contributed by atoms with E-state index in [4.69, 9.17) is 14.8 Å². The molecule has 0 bridgehead atoms. The van der Waals surface area contributed by atoms with Crippen LogP contribution in [0.2, 0.25) is 0 Å². The molecule has 3 aromatic carbocycles. The van der Waals surface area contributed by atoms with Crippen molar-refractivity contribution in [1.29, 1.82) is 0 Å². The fraction of sp³-hybridized carbons (Fsp3) is 0.258. The molecule has 36 heavy (non-hydrogen) atoms. The molecule has 0 atom stereocenters. The summed E-state index contributed by atoms with van der Waals surface area (Å²) < 4.78 is 11.1. The molecular weight excluding hydrogens is 465 g/mol. The minimum Gasteiger partial charge on any atom is -0.324 e. The molecule has 5 heteroatoms. The average Bonchev–Trinajstić information content (AvgIpc) is 2.89. The summed E-state index contributed by atoms with van der Waals surface area (Å²) in [6.07, 6.45) is 6.19. The molecule has 4 aromatic rings. The molecular formula is C31H34NO3P. The zero-order valence-electron chi connectivity index (χ0n) is 20.6. The van der Waals surface area contributed by atoms with Gasteiger partial charge in [0.2, 0.25) is 0 Å². The second kappa shape index (κ2) is 12.8. The molecule has 0 saturated heterocycles. The van der Waals surface area contributed by atoms with Crippen LogP contribution in [0.5, 0.6) is 0 Å². The van der Waals surface area contributed by atoms with E-state index in [1.807, 2.05) is 18.2 Å². The van der Waals surface area contributed by atoms with Gasteiger partial charge in [-0.15, -0.1) is 0 Å². The van der Waals surface area contributed by atoms with Crippen LogP contribution in [0.1, 0.15) is 42.5 Å². The van der Waals surface area contributed by atoms with Crippen molar-refractivity contribution in [3.63, 3.8) is 0 Å². The quantitative estimate of drug-likeness (QED) is 0.157. The topological polar surface area (TPSA) is 70.4 Å². The van der Waals surface area contributed by atoms with Gasteiger partial charge in [0, 0.05) is 23.0 Å². The molecule has 4 rings (SSSR count). The number of rotatable bonds is 12. The Balaban J connectivity index is 1.45. The first-order valence-corrected chi connectivity index (χ1v) is 14.5. The van der Waals surface area contributed by atoms with E-state index in [0.29, 0.717) is 6.42 Å². The predicted molar refractivity (Wildman–Crippen MR) is 148 cm³/mol. The summed E-state index contributed by atoms with van der Waals surface area (Å²) in [6.45, 7) is 0. The molecule has 0 aliphatic rings. The first-order valence-electron chi connectivity index (χ1n) is 12.7. The SMILES string of the molecule is O=P(O)(O)CCCCCc1ccc(-c2ccc(CCCc3ccccc3)cc2)c(-c2ccccc2)n1. The van der Waals surface area contributed by atoms with Crippen LogP contribution in [-0.4, -0.2) is 20.9 Å². The Hall–Kier alpha value is -3.04. The summed E-state index contributed by atoms with van der Waals surface area (Å²) in [4.78, 5) is 23.1. The Labute approximate surface area is 214 Å². The molecule has 2 N–H and O–H groups in total. The molecule has 1 heterocycles. The van der Waals surface area contributed by atoms with E-state index >= 15 is 0 Å². The molecule has 0 unspecified atom stereocenters. The first kappa shape index (κ1) is 26.0. The van der Waals surface area contributed by atoms with E-state index in [9.17, 15) is 4.57 Å². The second-order valence-corrected chi connectivity index (χ2v) is 11.1. The smallest absolute Gasteiger partial charge is 0.324 e. The number of aryl methyl sites for hydroxylation is 3. The Morgan fingerprint density at radius 1 is 0.583 bits per heavy atom. The minimum atomic E-state index is -3.91. The highest BCUT2D eigenvalue weighted by molar-refractivity contribution is 7.51. The third-order valence-corrected chi connectivity index (χ3v) is 7.32. The molecule has 0 fully saturated rings. The molecule has 0 radical (unpaired) electrons. The van der Waals surface area contributed by atoms with Crippen LogP contribution in [0.15, 0.2) is 97.1 Å². The normalized spacial score (nSPS) is 11.5. The third-order valence-electron chi connectivity index (χ3n) is 6.42. The lowest BCUT2D eigenvalue weighted by Crippen LogP contribution is -1.97. The van der Waals surface area contributed by atoms with Gasteiger partial charge in [0.05, 0.1) is 5.69 Å². The number of nitrogens with zero attached hydrogens (tertiary/aromatic N) is 1. The maximum absolute atomic E-state index is 11.1.